The number of aliphatic hydroxyl groups excluding tert-OH is 1. The van der Waals surface area contributed by atoms with Gasteiger partial charge in [0.2, 0.25) is 0 Å². The summed E-state index contributed by atoms with van der Waals surface area (Å²) in [5.74, 6) is 0. The van der Waals surface area contributed by atoms with E-state index in [0.29, 0.717) is 10.8 Å². The van der Waals surface area contributed by atoms with Crippen LogP contribution in [0.1, 0.15) is 0 Å². The Morgan fingerprint density at radius 1 is 1.62 bits per heavy atom. The molecule has 3 heteroatoms. The van der Waals surface area contributed by atoms with Crippen molar-refractivity contribution >= 4 is 22.3 Å². The summed E-state index contributed by atoms with van der Waals surface area (Å²) in [6.45, 7) is 0. The van der Waals surface area contributed by atoms with Crippen molar-refractivity contribution in [3.63, 3.8) is 0 Å². The molecule has 0 amide bonds. The number of rotatable bonds is 2. The van der Waals surface area contributed by atoms with Crippen molar-refractivity contribution in [3.8, 4) is 0 Å². The number of allylic oxidation sites excluding steroid dienone is 3. The Hall–Kier alpha value is -0.531. The van der Waals surface area contributed by atoms with Crippen molar-refractivity contribution in [2.24, 2.45) is 0 Å². The molecule has 2 nitrogen and oxygen atoms in total. The molecule has 0 saturated heterocycles. The fraction of sp³-hybridized carbons (Fsp3) is 0. The summed E-state index contributed by atoms with van der Waals surface area (Å²) in [4.78, 5) is 9.68. The normalized spacial score (nSPS) is 12.2. The molecule has 0 spiro atoms. The summed E-state index contributed by atoms with van der Waals surface area (Å²) in [6.07, 6.45) is 4.21. The molecule has 0 bridgehead atoms. The second kappa shape index (κ2) is 4.62. The maximum absolute atomic E-state index is 9.68. The van der Waals surface area contributed by atoms with Crippen LogP contribution in [0.4, 0.5) is 0 Å². The average Bonchev–Trinajstić information content (AvgIpc) is 1.68. The van der Waals surface area contributed by atoms with Crippen LogP contribution in [0.3, 0.4) is 0 Å². The van der Waals surface area contributed by atoms with Gasteiger partial charge in [0.05, 0.1) is 0 Å². The van der Waals surface area contributed by atoms with Crippen LogP contribution in [-0.2, 0) is 4.79 Å². The summed E-state index contributed by atoms with van der Waals surface area (Å²) >= 11 is 2.56. The number of carbonyl (C=O) groups is 1. The molecule has 43 valence electrons. The predicted molar refractivity (Wildman–Crippen MR) is 31.7 cm³/mol. The molecular formula is C5H5O2Se. The molecule has 0 rings (SSSR count). The number of carbonyl (C=O) groups excluding carboxylic acids is 1. The third kappa shape index (κ3) is 3.65. The van der Waals surface area contributed by atoms with Gasteiger partial charge in [0, 0.05) is 0 Å². The number of aldehydes is 1. The van der Waals surface area contributed by atoms with Crippen LogP contribution >= 0.6 is 0 Å². The topological polar surface area (TPSA) is 37.3 Å². The third-order valence-electron chi connectivity index (χ3n) is 0.471. The molecule has 0 aliphatic carbocycles. The first-order valence-electron chi connectivity index (χ1n) is 1.94. The molecule has 0 aromatic heterocycles. The van der Waals surface area contributed by atoms with Gasteiger partial charge in [0.15, 0.2) is 0 Å². The molecule has 0 aromatic rings. The van der Waals surface area contributed by atoms with Crippen LogP contribution < -0.4 is 0 Å². The van der Waals surface area contributed by atoms with Gasteiger partial charge in [-0.15, -0.1) is 0 Å². The molecule has 0 heterocycles. The second-order valence-electron chi connectivity index (χ2n) is 1.02. The molecule has 1 N–H and O–H groups in total. The van der Waals surface area contributed by atoms with E-state index in [1.807, 2.05) is 0 Å². The van der Waals surface area contributed by atoms with Crippen molar-refractivity contribution in [3.05, 3.63) is 22.9 Å². The Kier molecular flexibility index (Phi) is 4.32. The zero-order valence-corrected chi connectivity index (χ0v) is 5.79. The number of hydrogen-bond donors (Lipinski definition) is 1. The van der Waals surface area contributed by atoms with Crippen molar-refractivity contribution in [2.75, 3.05) is 0 Å². The minimum atomic E-state index is 0.613. The molecule has 0 aromatic carbocycles. The summed E-state index contributed by atoms with van der Waals surface area (Å²) < 4.78 is 0.613. The zero-order valence-electron chi connectivity index (χ0n) is 4.07. The maximum atomic E-state index is 9.68. The molecule has 0 aliphatic heterocycles. The summed E-state index contributed by atoms with van der Waals surface area (Å²) in [7, 11) is 0. The van der Waals surface area contributed by atoms with Gasteiger partial charge in [-0.05, 0) is 0 Å². The Bertz CT molecular complexity index is 126. The van der Waals surface area contributed by atoms with E-state index in [4.69, 9.17) is 5.11 Å². The Morgan fingerprint density at radius 3 is 2.62 bits per heavy atom. The SMILES string of the molecule is O=C/C=C([Se])/C=C\O. The van der Waals surface area contributed by atoms with Gasteiger partial charge in [-0.25, -0.2) is 0 Å². The van der Waals surface area contributed by atoms with Crippen LogP contribution in [-0.4, -0.2) is 27.4 Å². The van der Waals surface area contributed by atoms with Gasteiger partial charge in [-0.2, -0.15) is 0 Å². The van der Waals surface area contributed by atoms with Gasteiger partial charge < -0.3 is 0 Å². The molecule has 1 radical (unpaired) electrons. The fourth-order valence-electron chi connectivity index (χ4n) is 0.196. The first-order chi connectivity index (χ1) is 3.81. The van der Waals surface area contributed by atoms with E-state index in [2.05, 4.69) is 16.0 Å². The van der Waals surface area contributed by atoms with Crippen LogP contribution in [0.25, 0.3) is 0 Å². The molecule has 0 atom stereocenters. The van der Waals surface area contributed by atoms with Crippen LogP contribution in [0, 0.1) is 0 Å². The van der Waals surface area contributed by atoms with Crippen LogP contribution in [0.5, 0.6) is 0 Å². The minimum absolute atomic E-state index is 0.613. The Labute approximate surface area is 55.7 Å². The number of aliphatic hydroxyl groups is 1. The quantitative estimate of drug-likeness (QED) is 0.216. The van der Waals surface area contributed by atoms with Gasteiger partial charge in [0.25, 0.3) is 0 Å². The average molecular weight is 176 g/mol. The van der Waals surface area contributed by atoms with E-state index in [-0.39, 0.29) is 0 Å². The Balaban J connectivity index is 3.79. The third-order valence-corrected chi connectivity index (χ3v) is 1.04. The summed E-state index contributed by atoms with van der Waals surface area (Å²) in [5.41, 5.74) is 0. The molecule has 0 aliphatic rings. The van der Waals surface area contributed by atoms with Gasteiger partial charge in [-0.3, -0.25) is 0 Å². The first kappa shape index (κ1) is 7.47. The molecule has 0 saturated carbocycles. The first-order valence-corrected chi connectivity index (χ1v) is 2.80. The van der Waals surface area contributed by atoms with E-state index in [1.54, 1.807) is 0 Å². The van der Waals surface area contributed by atoms with Crippen molar-refractivity contribution in [2.45, 2.75) is 0 Å². The monoisotopic (exact) mass is 177 g/mol. The van der Waals surface area contributed by atoms with Gasteiger partial charge in [-0.1, -0.05) is 0 Å². The predicted octanol–water partition coefficient (Wildman–Crippen LogP) is 0.309. The molecule has 8 heavy (non-hydrogen) atoms. The Morgan fingerprint density at radius 2 is 2.25 bits per heavy atom. The van der Waals surface area contributed by atoms with E-state index in [0.717, 1.165) is 6.26 Å². The van der Waals surface area contributed by atoms with Crippen molar-refractivity contribution < 1.29 is 9.90 Å². The molecule has 0 fully saturated rings. The van der Waals surface area contributed by atoms with Crippen LogP contribution in [0.15, 0.2) is 22.9 Å². The molecular weight excluding hydrogens is 171 g/mol. The second-order valence-corrected chi connectivity index (χ2v) is 2.01. The zero-order chi connectivity index (χ0) is 6.41. The summed E-state index contributed by atoms with van der Waals surface area (Å²) in [5, 5.41) is 8.11. The van der Waals surface area contributed by atoms with E-state index < -0.39 is 0 Å². The van der Waals surface area contributed by atoms with Crippen molar-refractivity contribution in [1.29, 1.82) is 0 Å². The summed E-state index contributed by atoms with van der Waals surface area (Å²) in [6, 6.07) is 0. The van der Waals surface area contributed by atoms with Gasteiger partial charge in [0.1, 0.15) is 0 Å². The van der Waals surface area contributed by atoms with E-state index in [9.17, 15) is 4.79 Å². The fourth-order valence-corrected chi connectivity index (χ4v) is 0.440. The molecule has 0 unspecified atom stereocenters. The van der Waals surface area contributed by atoms with Gasteiger partial charge >= 0.3 is 55.1 Å². The van der Waals surface area contributed by atoms with Crippen molar-refractivity contribution in [1.82, 2.24) is 0 Å². The van der Waals surface area contributed by atoms with Crippen LogP contribution in [0.2, 0.25) is 0 Å². The van der Waals surface area contributed by atoms with E-state index >= 15 is 0 Å². The van der Waals surface area contributed by atoms with E-state index in [1.165, 1.54) is 12.2 Å². The number of hydrogen-bond acceptors (Lipinski definition) is 2. The standard InChI is InChI=1S/C5H5O2Se/c6-3-1-5(8)2-4-7/h1-4,6H/b3-1-,5-2-.